The Bertz CT molecular complexity index is 563. The van der Waals surface area contributed by atoms with Crippen LogP contribution in [0, 0.1) is 5.82 Å². The summed E-state index contributed by atoms with van der Waals surface area (Å²) in [7, 11) is 0. The Morgan fingerprint density at radius 3 is 2.47 bits per heavy atom. The van der Waals surface area contributed by atoms with E-state index < -0.39 is 0 Å². The van der Waals surface area contributed by atoms with Crippen molar-refractivity contribution < 1.29 is 9.18 Å². The van der Waals surface area contributed by atoms with Gasteiger partial charge in [-0.05, 0) is 42.3 Å². The van der Waals surface area contributed by atoms with E-state index in [2.05, 4.69) is 12.2 Å². The molecule has 2 rings (SSSR count). The molecule has 19 heavy (non-hydrogen) atoms. The van der Waals surface area contributed by atoms with E-state index in [4.69, 9.17) is 0 Å². The lowest BCUT2D eigenvalue weighted by Gasteiger charge is -2.10. The number of benzene rings is 2. The standard InChI is InChI=1S/C16H16FNO/c1-2-12-5-3-4-6-15(12)18-11-16(19)13-7-9-14(17)10-8-13/h3-10,18H,2,11H2,1H3. The molecule has 0 bridgehead atoms. The molecule has 0 aliphatic heterocycles. The molecule has 3 heteroatoms. The second-order valence-corrected chi connectivity index (χ2v) is 4.29. The van der Waals surface area contributed by atoms with E-state index in [1.165, 1.54) is 29.8 Å². The molecular weight excluding hydrogens is 241 g/mol. The SMILES string of the molecule is CCc1ccccc1NCC(=O)c1ccc(F)cc1. The van der Waals surface area contributed by atoms with Gasteiger partial charge in [0, 0.05) is 11.3 Å². The number of para-hydroxylation sites is 1. The Balaban J connectivity index is 2.02. The van der Waals surface area contributed by atoms with E-state index in [-0.39, 0.29) is 18.1 Å². The van der Waals surface area contributed by atoms with Crippen LogP contribution in [-0.2, 0) is 6.42 Å². The van der Waals surface area contributed by atoms with Crippen LogP contribution < -0.4 is 5.32 Å². The quantitative estimate of drug-likeness (QED) is 0.828. The lowest BCUT2D eigenvalue weighted by Crippen LogP contribution is -2.14. The Hall–Kier alpha value is -2.16. The van der Waals surface area contributed by atoms with Gasteiger partial charge < -0.3 is 5.32 Å². The van der Waals surface area contributed by atoms with Crippen LogP contribution in [-0.4, -0.2) is 12.3 Å². The second-order valence-electron chi connectivity index (χ2n) is 4.29. The smallest absolute Gasteiger partial charge is 0.181 e. The third-order valence-corrected chi connectivity index (χ3v) is 3.00. The molecule has 2 nitrogen and oxygen atoms in total. The average molecular weight is 257 g/mol. The molecule has 0 radical (unpaired) electrons. The van der Waals surface area contributed by atoms with Crippen LogP contribution >= 0.6 is 0 Å². The summed E-state index contributed by atoms with van der Waals surface area (Å²) in [5, 5.41) is 3.13. The minimum absolute atomic E-state index is 0.0501. The van der Waals surface area contributed by atoms with Gasteiger partial charge in [-0.15, -0.1) is 0 Å². The van der Waals surface area contributed by atoms with Gasteiger partial charge in [0.15, 0.2) is 5.78 Å². The summed E-state index contributed by atoms with van der Waals surface area (Å²) in [5.74, 6) is -0.383. The molecule has 0 amide bonds. The maximum absolute atomic E-state index is 12.8. The highest BCUT2D eigenvalue weighted by Gasteiger charge is 2.06. The zero-order valence-corrected chi connectivity index (χ0v) is 10.8. The molecule has 0 aliphatic rings. The zero-order chi connectivity index (χ0) is 13.7. The Morgan fingerprint density at radius 1 is 1.11 bits per heavy atom. The highest BCUT2D eigenvalue weighted by atomic mass is 19.1. The fourth-order valence-electron chi connectivity index (χ4n) is 1.91. The summed E-state index contributed by atoms with van der Waals surface area (Å²) in [6, 6.07) is 13.5. The molecule has 0 unspecified atom stereocenters. The summed E-state index contributed by atoms with van der Waals surface area (Å²) in [5.41, 5.74) is 2.66. The molecule has 0 heterocycles. The molecule has 0 fully saturated rings. The average Bonchev–Trinajstić information content (AvgIpc) is 2.45. The lowest BCUT2D eigenvalue weighted by atomic mass is 10.1. The van der Waals surface area contributed by atoms with E-state index in [1.54, 1.807) is 0 Å². The van der Waals surface area contributed by atoms with Crippen molar-refractivity contribution in [1.29, 1.82) is 0 Å². The van der Waals surface area contributed by atoms with Gasteiger partial charge in [0.25, 0.3) is 0 Å². The molecule has 0 aliphatic carbocycles. The van der Waals surface area contributed by atoms with Crippen molar-refractivity contribution in [2.45, 2.75) is 13.3 Å². The van der Waals surface area contributed by atoms with Crippen molar-refractivity contribution in [3.05, 3.63) is 65.5 Å². The molecule has 0 atom stereocenters. The van der Waals surface area contributed by atoms with Crippen LogP contribution in [0.1, 0.15) is 22.8 Å². The number of Topliss-reactive ketones (excluding diaryl/α,β-unsaturated/α-hetero) is 1. The van der Waals surface area contributed by atoms with Crippen molar-refractivity contribution in [2.75, 3.05) is 11.9 Å². The first-order valence-electron chi connectivity index (χ1n) is 6.31. The zero-order valence-electron chi connectivity index (χ0n) is 10.8. The fourth-order valence-corrected chi connectivity index (χ4v) is 1.91. The van der Waals surface area contributed by atoms with Crippen LogP contribution in [0.3, 0.4) is 0 Å². The predicted octanol–water partition coefficient (Wildman–Crippen LogP) is 3.68. The molecule has 2 aromatic rings. The number of carbonyl (C=O) groups is 1. The Morgan fingerprint density at radius 2 is 1.79 bits per heavy atom. The van der Waals surface area contributed by atoms with Gasteiger partial charge in [0.2, 0.25) is 0 Å². The van der Waals surface area contributed by atoms with Crippen LogP contribution in [0.15, 0.2) is 48.5 Å². The van der Waals surface area contributed by atoms with E-state index in [9.17, 15) is 9.18 Å². The summed E-state index contributed by atoms with van der Waals surface area (Å²) in [6.07, 6.45) is 0.911. The van der Waals surface area contributed by atoms with Crippen molar-refractivity contribution in [2.24, 2.45) is 0 Å². The van der Waals surface area contributed by atoms with Crippen LogP contribution in [0.2, 0.25) is 0 Å². The third kappa shape index (κ3) is 3.41. The number of hydrogen-bond acceptors (Lipinski definition) is 2. The van der Waals surface area contributed by atoms with E-state index >= 15 is 0 Å². The van der Waals surface area contributed by atoms with Gasteiger partial charge in [0.1, 0.15) is 5.82 Å². The Labute approximate surface area is 112 Å². The normalized spacial score (nSPS) is 10.2. The predicted molar refractivity (Wildman–Crippen MR) is 75.0 cm³/mol. The third-order valence-electron chi connectivity index (χ3n) is 3.00. The van der Waals surface area contributed by atoms with Crippen LogP contribution in [0.25, 0.3) is 0 Å². The lowest BCUT2D eigenvalue weighted by molar-refractivity contribution is 0.101. The van der Waals surface area contributed by atoms with Crippen molar-refractivity contribution in [1.82, 2.24) is 0 Å². The van der Waals surface area contributed by atoms with E-state index in [1.807, 2.05) is 24.3 Å². The van der Waals surface area contributed by atoms with Gasteiger partial charge >= 0.3 is 0 Å². The van der Waals surface area contributed by atoms with E-state index in [0.29, 0.717) is 5.56 Å². The number of anilines is 1. The van der Waals surface area contributed by atoms with E-state index in [0.717, 1.165) is 12.1 Å². The first-order chi connectivity index (χ1) is 9.20. The second kappa shape index (κ2) is 6.14. The van der Waals surface area contributed by atoms with Gasteiger partial charge in [0.05, 0.1) is 6.54 Å². The van der Waals surface area contributed by atoms with Gasteiger partial charge in [-0.3, -0.25) is 4.79 Å². The van der Waals surface area contributed by atoms with Crippen LogP contribution in [0.5, 0.6) is 0 Å². The number of halogens is 1. The molecule has 98 valence electrons. The number of aryl methyl sites for hydroxylation is 1. The maximum Gasteiger partial charge on any atom is 0.181 e. The van der Waals surface area contributed by atoms with Crippen molar-refractivity contribution in [3.63, 3.8) is 0 Å². The molecule has 0 saturated heterocycles. The molecular formula is C16H16FNO. The first-order valence-corrected chi connectivity index (χ1v) is 6.31. The number of nitrogens with one attached hydrogen (secondary N) is 1. The summed E-state index contributed by atoms with van der Waals surface area (Å²) < 4.78 is 12.8. The van der Waals surface area contributed by atoms with Crippen LogP contribution in [0.4, 0.5) is 10.1 Å². The molecule has 0 saturated carbocycles. The van der Waals surface area contributed by atoms with Gasteiger partial charge in [-0.25, -0.2) is 4.39 Å². The summed E-state index contributed by atoms with van der Waals surface area (Å²) in [6.45, 7) is 2.28. The summed E-state index contributed by atoms with van der Waals surface area (Å²) in [4.78, 5) is 11.9. The minimum atomic E-state index is -0.333. The highest BCUT2D eigenvalue weighted by Crippen LogP contribution is 2.15. The largest absolute Gasteiger partial charge is 0.377 e. The number of hydrogen-bond donors (Lipinski definition) is 1. The topological polar surface area (TPSA) is 29.1 Å². The molecule has 0 aromatic heterocycles. The van der Waals surface area contributed by atoms with Gasteiger partial charge in [-0.2, -0.15) is 0 Å². The fraction of sp³-hybridized carbons (Fsp3) is 0.188. The maximum atomic E-state index is 12.8. The van der Waals surface area contributed by atoms with Gasteiger partial charge in [-0.1, -0.05) is 25.1 Å². The Kier molecular flexibility index (Phi) is 4.29. The monoisotopic (exact) mass is 257 g/mol. The van der Waals surface area contributed by atoms with Crippen molar-refractivity contribution >= 4 is 11.5 Å². The highest BCUT2D eigenvalue weighted by molar-refractivity contribution is 5.99. The summed E-state index contributed by atoms with van der Waals surface area (Å²) >= 11 is 0. The van der Waals surface area contributed by atoms with Crippen molar-refractivity contribution in [3.8, 4) is 0 Å². The first kappa shape index (κ1) is 13.3. The molecule has 1 N–H and O–H groups in total. The minimum Gasteiger partial charge on any atom is -0.377 e. The number of ketones is 1. The molecule has 0 spiro atoms. The number of rotatable bonds is 5. The molecule has 2 aromatic carbocycles. The number of carbonyl (C=O) groups excluding carboxylic acids is 1.